The molecule has 1 aromatic carbocycles. The van der Waals surface area contributed by atoms with E-state index in [0.29, 0.717) is 12.2 Å². The number of hydrogen-bond donors (Lipinski definition) is 1. The topological polar surface area (TPSA) is 55.6 Å². The SMILES string of the molecule is COC(=O)N1CCCc2ccc(N)cc21. The van der Waals surface area contributed by atoms with E-state index in [1.54, 1.807) is 4.90 Å². The molecule has 4 heteroatoms. The summed E-state index contributed by atoms with van der Waals surface area (Å²) >= 11 is 0. The van der Waals surface area contributed by atoms with Gasteiger partial charge in [0.25, 0.3) is 0 Å². The molecule has 1 aromatic rings. The standard InChI is InChI=1S/C11H14N2O2/c1-15-11(14)13-6-2-3-8-4-5-9(12)7-10(8)13/h4-5,7H,2-3,6,12H2,1H3. The number of fused-ring (bicyclic) bond motifs is 1. The van der Waals surface area contributed by atoms with Gasteiger partial charge in [-0.05, 0) is 30.5 Å². The van der Waals surface area contributed by atoms with Crippen molar-refractivity contribution in [2.24, 2.45) is 0 Å². The van der Waals surface area contributed by atoms with Crippen LogP contribution in [0.15, 0.2) is 18.2 Å². The minimum absolute atomic E-state index is 0.318. The number of benzene rings is 1. The Bertz CT molecular complexity index is 390. The van der Waals surface area contributed by atoms with Gasteiger partial charge < -0.3 is 10.5 Å². The van der Waals surface area contributed by atoms with Crippen molar-refractivity contribution in [2.45, 2.75) is 12.8 Å². The lowest BCUT2D eigenvalue weighted by Crippen LogP contribution is -2.35. The summed E-state index contributed by atoms with van der Waals surface area (Å²) in [5.41, 5.74) is 8.41. The number of nitrogen functional groups attached to an aromatic ring is 1. The molecule has 0 unspecified atom stereocenters. The van der Waals surface area contributed by atoms with Crippen LogP contribution in [0.25, 0.3) is 0 Å². The molecule has 1 aliphatic rings. The molecule has 80 valence electrons. The van der Waals surface area contributed by atoms with Crippen molar-refractivity contribution in [1.82, 2.24) is 0 Å². The minimum Gasteiger partial charge on any atom is -0.452 e. The summed E-state index contributed by atoms with van der Waals surface area (Å²) in [5, 5.41) is 0. The van der Waals surface area contributed by atoms with Crippen molar-refractivity contribution in [1.29, 1.82) is 0 Å². The lowest BCUT2D eigenvalue weighted by molar-refractivity contribution is 0.178. The number of amides is 1. The monoisotopic (exact) mass is 206 g/mol. The van der Waals surface area contributed by atoms with Gasteiger partial charge in [-0.25, -0.2) is 4.79 Å². The molecule has 0 bridgehead atoms. The Labute approximate surface area is 88.6 Å². The average Bonchev–Trinajstić information content (AvgIpc) is 2.27. The molecular weight excluding hydrogens is 192 g/mol. The van der Waals surface area contributed by atoms with Crippen molar-refractivity contribution < 1.29 is 9.53 Å². The van der Waals surface area contributed by atoms with E-state index in [1.807, 2.05) is 18.2 Å². The molecule has 2 N–H and O–H groups in total. The Morgan fingerprint density at radius 2 is 2.33 bits per heavy atom. The predicted molar refractivity (Wildman–Crippen MR) is 58.9 cm³/mol. The van der Waals surface area contributed by atoms with Crippen LogP contribution in [-0.2, 0) is 11.2 Å². The highest BCUT2D eigenvalue weighted by molar-refractivity contribution is 5.89. The quantitative estimate of drug-likeness (QED) is 0.658. The fourth-order valence-corrected chi connectivity index (χ4v) is 1.89. The largest absolute Gasteiger partial charge is 0.452 e. The number of nitrogens with zero attached hydrogens (tertiary/aromatic N) is 1. The molecule has 0 saturated heterocycles. The van der Waals surface area contributed by atoms with Crippen LogP contribution in [0.5, 0.6) is 0 Å². The second-order valence-electron chi connectivity index (χ2n) is 3.61. The summed E-state index contributed by atoms with van der Waals surface area (Å²) < 4.78 is 4.73. The maximum absolute atomic E-state index is 11.5. The van der Waals surface area contributed by atoms with E-state index in [4.69, 9.17) is 10.5 Å². The first-order chi connectivity index (χ1) is 7.22. The van der Waals surface area contributed by atoms with Crippen molar-refractivity contribution in [3.63, 3.8) is 0 Å². The second kappa shape index (κ2) is 3.81. The molecule has 0 radical (unpaired) electrons. The van der Waals surface area contributed by atoms with Gasteiger partial charge in [0, 0.05) is 12.2 Å². The number of rotatable bonds is 0. The van der Waals surface area contributed by atoms with Crippen LogP contribution in [0.1, 0.15) is 12.0 Å². The number of nitrogens with two attached hydrogens (primary N) is 1. The van der Waals surface area contributed by atoms with Gasteiger partial charge in [-0.2, -0.15) is 0 Å². The Balaban J connectivity index is 2.40. The van der Waals surface area contributed by atoms with Gasteiger partial charge in [-0.1, -0.05) is 6.07 Å². The van der Waals surface area contributed by atoms with Gasteiger partial charge in [0.2, 0.25) is 0 Å². The number of ether oxygens (including phenoxy) is 1. The molecule has 2 rings (SSSR count). The molecule has 1 aliphatic heterocycles. The van der Waals surface area contributed by atoms with Gasteiger partial charge in [0.05, 0.1) is 12.8 Å². The third kappa shape index (κ3) is 1.75. The van der Waals surface area contributed by atoms with Crippen LogP contribution in [0.2, 0.25) is 0 Å². The van der Waals surface area contributed by atoms with Crippen LogP contribution < -0.4 is 10.6 Å². The number of aryl methyl sites for hydroxylation is 1. The normalized spacial score (nSPS) is 14.6. The van der Waals surface area contributed by atoms with Crippen molar-refractivity contribution in [3.8, 4) is 0 Å². The van der Waals surface area contributed by atoms with Crippen LogP contribution in [0.3, 0.4) is 0 Å². The third-order valence-corrected chi connectivity index (χ3v) is 2.62. The number of carbonyl (C=O) groups is 1. The summed E-state index contributed by atoms with van der Waals surface area (Å²) in [7, 11) is 1.39. The molecule has 1 heterocycles. The smallest absolute Gasteiger partial charge is 0.414 e. The van der Waals surface area contributed by atoms with Gasteiger partial charge in [0.15, 0.2) is 0 Å². The predicted octanol–water partition coefficient (Wildman–Crippen LogP) is 1.79. The van der Waals surface area contributed by atoms with Gasteiger partial charge in [-0.3, -0.25) is 4.90 Å². The van der Waals surface area contributed by atoms with Crippen LogP contribution in [-0.4, -0.2) is 19.7 Å². The van der Waals surface area contributed by atoms with E-state index in [1.165, 1.54) is 7.11 Å². The first-order valence-corrected chi connectivity index (χ1v) is 4.96. The van der Waals surface area contributed by atoms with Crippen LogP contribution in [0, 0.1) is 0 Å². The summed E-state index contributed by atoms with van der Waals surface area (Å²) in [6, 6.07) is 5.66. The molecule has 15 heavy (non-hydrogen) atoms. The first-order valence-electron chi connectivity index (χ1n) is 4.96. The zero-order valence-electron chi connectivity index (χ0n) is 8.69. The van der Waals surface area contributed by atoms with E-state index in [0.717, 1.165) is 24.1 Å². The molecule has 0 aromatic heterocycles. The molecule has 4 nitrogen and oxygen atoms in total. The van der Waals surface area contributed by atoms with Crippen LogP contribution in [0.4, 0.5) is 16.2 Å². The zero-order chi connectivity index (χ0) is 10.8. The summed E-state index contributed by atoms with van der Waals surface area (Å²) in [6.07, 6.45) is 1.64. The first kappa shape index (κ1) is 9.83. The fraction of sp³-hybridized carbons (Fsp3) is 0.364. The lowest BCUT2D eigenvalue weighted by Gasteiger charge is -2.28. The van der Waals surface area contributed by atoms with Crippen molar-refractivity contribution >= 4 is 17.5 Å². The van der Waals surface area contributed by atoms with E-state index in [2.05, 4.69) is 0 Å². The maximum atomic E-state index is 11.5. The molecule has 1 amide bonds. The molecular formula is C11H14N2O2. The summed E-state index contributed by atoms with van der Waals surface area (Å²) in [5.74, 6) is 0. The fourth-order valence-electron chi connectivity index (χ4n) is 1.89. The van der Waals surface area contributed by atoms with E-state index < -0.39 is 0 Å². The maximum Gasteiger partial charge on any atom is 0.414 e. The summed E-state index contributed by atoms with van der Waals surface area (Å²) in [6.45, 7) is 0.698. The number of anilines is 2. The third-order valence-electron chi connectivity index (χ3n) is 2.62. The minimum atomic E-state index is -0.318. The average molecular weight is 206 g/mol. The van der Waals surface area contributed by atoms with Gasteiger partial charge >= 0.3 is 6.09 Å². The van der Waals surface area contributed by atoms with Gasteiger partial charge in [-0.15, -0.1) is 0 Å². The van der Waals surface area contributed by atoms with Crippen molar-refractivity contribution in [3.05, 3.63) is 23.8 Å². The highest BCUT2D eigenvalue weighted by atomic mass is 16.5. The second-order valence-corrected chi connectivity index (χ2v) is 3.61. The van der Waals surface area contributed by atoms with E-state index in [9.17, 15) is 4.79 Å². The number of methoxy groups -OCH3 is 1. The Kier molecular flexibility index (Phi) is 2.49. The lowest BCUT2D eigenvalue weighted by atomic mass is 10.0. The Morgan fingerprint density at radius 1 is 1.53 bits per heavy atom. The van der Waals surface area contributed by atoms with E-state index >= 15 is 0 Å². The number of hydrogen-bond acceptors (Lipinski definition) is 3. The number of carbonyl (C=O) groups excluding carboxylic acids is 1. The molecule has 0 spiro atoms. The zero-order valence-corrected chi connectivity index (χ0v) is 8.69. The Morgan fingerprint density at radius 3 is 3.07 bits per heavy atom. The van der Waals surface area contributed by atoms with Crippen LogP contribution >= 0.6 is 0 Å². The van der Waals surface area contributed by atoms with E-state index in [-0.39, 0.29) is 6.09 Å². The van der Waals surface area contributed by atoms with Crippen molar-refractivity contribution in [2.75, 3.05) is 24.3 Å². The molecule has 0 saturated carbocycles. The highest BCUT2D eigenvalue weighted by Crippen LogP contribution is 2.29. The molecule has 0 atom stereocenters. The van der Waals surface area contributed by atoms with Gasteiger partial charge in [0.1, 0.15) is 0 Å². The molecule has 0 fully saturated rings. The molecule has 0 aliphatic carbocycles. The summed E-state index contributed by atoms with van der Waals surface area (Å²) in [4.78, 5) is 13.1. The highest BCUT2D eigenvalue weighted by Gasteiger charge is 2.22. The Hall–Kier alpha value is -1.71.